The van der Waals surface area contributed by atoms with Gasteiger partial charge in [-0.3, -0.25) is 14.3 Å². The van der Waals surface area contributed by atoms with Gasteiger partial charge in [0.15, 0.2) is 0 Å². The van der Waals surface area contributed by atoms with Gasteiger partial charge in [0.2, 0.25) is 10.0 Å². The molecular weight excluding hydrogens is 442 g/mol. The van der Waals surface area contributed by atoms with Gasteiger partial charge in [0.05, 0.1) is 18.5 Å². The molecule has 0 aliphatic rings. The SMILES string of the molecule is Cc1ccc(Oc2ccc(N(C[C@H](NCc3ccccc3)C(=O)NO)S(C)(=O)=O)cc2)cc1. The van der Waals surface area contributed by atoms with E-state index in [1.807, 2.05) is 61.5 Å². The van der Waals surface area contributed by atoms with Gasteiger partial charge in [0.25, 0.3) is 5.91 Å². The summed E-state index contributed by atoms with van der Waals surface area (Å²) in [5.41, 5.74) is 4.00. The summed E-state index contributed by atoms with van der Waals surface area (Å²) >= 11 is 0. The summed E-state index contributed by atoms with van der Waals surface area (Å²) in [6, 6.07) is 22.5. The van der Waals surface area contributed by atoms with Crippen LogP contribution < -0.4 is 19.8 Å². The van der Waals surface area contributed by atoms with E-state index in [0.717, 1.165) is 21.7 Å². The number of aryl methyl sites for hydroxylation is 1. The third-order valence-electron chi connectivity index (χ3n) is 4.95. The second kappa shape index (κ2) is 11.0. The molecule has 1 atom stereocenters. The van der Waals surface area contributed by atoms with E-state index in [1.165, 1.54) is 0 Å². The fourth-order valence-corrected chi connectivity index (χ4v) is 4.10. The molecule has 0 saturated carbocycles. The Kier molecular flexibility index (Phi) is 8.05. The van der Waals surface area contributed by atoms with Crippen molar-refractivity contribution in [2.75, 3.05) is 17.1 Å². The first-order valence-electron chi connectivity index (χ1n) is 10.3. The van der Waals surface area contributed by atoms with Crippen molar-refractivity contribution in [2.45, 2.75) is 19.5 Å². The lowest BCUT2D eigenvalue weighted by Gasteiger charge is -2.27. The maximum absolute atomic E-state index is 12.5. The van der Waals surface area contributed by atoms with Crippen molar-refractivity contribution >= 4 is 21.6 Å². The van der Waals surface area contributed by atoms with Crippen LogP contribution in [0.25, 0.3) is 0 Å². The lowest BCUT2D eigenvalue weighted by Crippen LogP contribution is -2.51. The van der Waals surface area contributed by atoms with E-state index in [-0.39, 0.29) is 6.54 Å². The highest BCUT2D eigenvalue weighted by atomic mass is 32.2. The first kappa shape index (κ1) is 24.2. The molecule has 0 aliphatic carbocycles. The van der Waals surface area contributed by atoms with Crippen LogP contribution in [0.2, 0.25) is 0 Å². The molecule has 3 aromatic carbocycles. The molecule has 0 bridgehead atoms. The molecule has 1 amide bonds. The summed E-state index contributed by atoms with van der Waals surface area (Å²) in [4.78, 5) is 12.2. The smallest absolute Gasteiger partial charge is 0.262 e. The number of amides is 1. The van der Waals surface area contributed by atoms with Gasteiger partial charge in [0, 0.05) is 6.54 Å². The number of nitrogens with one attached hydrogen (secondary N) is 2. The molecule has 9 heteroatoms. The van der Waals surface area contributed by atoms with Crippen molar-refractivity contribution in [3.8, 4) is 11.5 Å². The number of hydroxylamine groups is 1. The first-order valence-corrected chi connectivity index (χ1v) is 12.1. The number of sulfonamides is 1. The normalized spacial score (nSPS) is 12.1. The van der Waals surface area contributed by atoms with Crippen molar-refractivity contribution in [1.29, 1.82) is 0 Å². The van der Waals surface area contributed by atoms with Crippen LogP contribution in [-0.4, -0.2) is 38.4 Å². The number of carbonyl (C=O) groups is 1. The van der Waals surface area contributed by atoms with Gasteiger partial charge in [0.1, 0.15) is 17.5 Å². The van der Waals surface area contributed by atoms with Gasteiger partial charge in [-0.1, -0.05) is 48.0 Å². The molecule has 8 nitrogen and oxygen atoms in total. The highest BCUT2D eigenvalue weighted by Gasteiger charge is 2.26. The highest BCUT2D eigenvalue weighted by Crippen LogP contribution is 2.26. The molecule has 3 rings (SSSR count). The average molecular weight is 470 g/mol. The fourth-order valence-electron chi connectivity index (χ4n) is 3.18. The van der Waals surface area contributed by atoms with Gasteiger partial charge in [-0.15, -0.1) is 0 Å². The van der Waals surface area contributed by atoms with Crippen LogP contribution in [0, 0.1) is 6.92 Å². The van der Waals surface area contributed by atoms with Gasteiger partial charge in [-0.25, -0.2) is 13.9 Å². The van der Waals surface area contributed by atoms with E-state index in [0.29, 0.717) is 23.7 Å². The Balaban J connectivity index is 1.77. The molecule has 0 fully saturated rings. The number of anilines is 1. The predicted molar refractivity (Wildman–Crippen MR) is 127 cm³/mol. The van der Waals surface area contributed by atoms with Crippen LogP contribution in [0.4, 0.5) is 5.69 Å². The summed E-state index contributed by atoms with van der Waals surface area (Å²) in [5, 5.41) is 12.2. The lowest BCUT2D eigenvalue weighted by atomic mass is 10.2. The lowest BCUT2D eigenvalue weighted by molar-refractivity contribution is -0.131. The molecule has 33 heavy (non-hydrogen) atoms. The second-order valence-corrected chi connectivity index (χ2v) is 9.51. The topological polar surface area (TPSA) is 108 Å². The van der Waals surface area contributed by atoms with Crippen molar-refractivity contribution in [3.63, 3.8) is 0 Å². The molecule has 174 valence electrons. The van der Waals surface area contributed by atoms with E-state index in [4.69, 9.17) is 9.94 Å². The van der Waals surface area contributed by atoms with Crippen LogP contribution in [0.1, 0.15) is 11.1 Å². The van der Waals surface area contributed by atoms with Gasteiger partial charge in [-0.05, 0) is 48.9 Å². The quantitative estimate of drug-likeness (QED) is 0.311. The summed E-state index contributed by atoms with van der Waals surface area (Å²) in [7, 11) is -3.72. The van der Waals surface area contributed by atoms with Gasteiger partial charge >= 0.3 is 0 Å². The van der Waals surface area contributed by atoms with Crippen LogP contribution in [0.5, 0.6) is 11.5 Å². The van der Waals surface area contributed by atoms with Crippen LogP contribution in [-0.2, 0) is 21.4 Å². The number of nitrogens with zero attached hydrogens (tertiary/aromatic N) is 1. The molecule has 0 saturated heterocycles. The van der Waals surface area contributed by atoms with Crippen LogP contribution in [0.3, 0.4) is 0 Å². The maximum Gasteiger partial charge on any atom is 0.262 e. The minimum absolute atomic E-state index is 0.212. The van der Waals surface area contributed by atoms with Crippen LogP contribution in [0.15, 0.2) is 78.9 Å². The summed E-state index contributed by atoms with van der Waals surface area (Å²) in [6.45, 7) is 2.09. The van der Waals surface area contributed by atoms with E-state index >= 15 is 0 Å². The summed E-state index contributed by atoms with van der Waals surface area (Å²) < 4.78 is 32.0. The van der Waals surface area contributed by atoms with Crippen molar-refractivity contribution in [3.05, 3.63) is 90.0 Å². The molecule has 0 radical (unpaired) electrons. The molecule has 0 aromatic heterocycles. The third kappa shape index (κ3) is 7.04. The zero-order chi connectivity index (χ0) is 23.8. The highest BCUT2D eigenvalue weighted by molar-refractivity contribution is 7.92. The van der Waals surface area contributed by atoms with Crippen LogP contribution >= 0.6 is 0 Å². The number of hydrogen-bond acceptors (Lipinski definition) is 6. The number of ether oxygens (including phenoxy) is 1. The predicted octanol–water partition coefficient (Wildman–Crippen LogP) is 3.22. The number of carbonyl (C=O) groups excluding carboxylic acids is 1. The molecule has 0 unspecified atom stereocenters. The minimum Gasteiger partial charge on any atom is -0.457 e. The Morgan fingerprint density at radius 3 is 2.09 bits per heavy atom. The Bertz CT molecular complexity index is 1150. The Morgan fingerprint density at radius 2 is 1.55 bits per heavy atom. The molecule has 0 spiro atoms. The Labute approximate surface area is 193 Å². The fraction of sp³-hybridized carbons (Fsp3) is 0.208. The zero-order valence-corrected chi connectivity index (χ0v) is 19.2. The average Bonchev–Trinajstić information content (AvgIpc) is 2.81. The van der Waals surface area contributed by atoms with E-state index in [1.54, 1.807) is 29.7 Å². The summed E-state index contributed by atoms with van der Waals surface area (Å²) in [6.07, 6.45) is 1.06. The third-order valence-corrected chi connectivity index (χ3v) is 6.11. The standard InChI is InChI=1S/C24H27N3O5S/c1-18-8-12-21(13-9-18)32-22-14-10-20(11-15-22)27(33(2,30)31)17-23(24(28)26-29)25-16-19-6-4-3-5-7-19/h3-15,23,25,29H,16-17H2,1-2H3,(H,26,28)/t23-/m0/s1. The molecular formula is C24H27N3O5S. The Morgan fingerprint density at radius 1 is 0.970 bits per heavy atom. The number of rotatable bonds is 10. The van der Waals surface area contributed by atoms with Crippen molar-refractivity contribution in [1.82, 2.24) is 10.8 Å². The molecule has 3 aromatic rings. The Hall–Kier alpha value is -3.40. The van der Waals surface area contributed by atoms with E-state index in [9.17, 15) is 13.2 Å². The van der Waals surface area contributed by atoms with E-state index in [2.05, 4.69) is 5.32 Å². The molecule has 0 aliphatic heterocycles. The maximum atomic E-state index is 12.5. The molecule has 3 N–H and O–H groups in total. The van der Waals surface area contributed by atoms with Crippen molar-refractivity contribution in [2.24, 2.45) is 0 Å². The molecule has 0 heterocycles. The van der Waals surface area contributed by atoms with Gasteiger partial charge in [-0.2, -0.15) is 0 Å². The second-order valence-electron chi connectivity index (χ2n) is 7.60. The van der Waals surface area contributed by atoms with Crippen molar-refractivity contribution < 1.29 is 23.2 Å². The van der Waals surface area contributed by atoms with E-state index < -0.39 is 22.0 Å². The largest absolute Gasteiger partial charge is 0.457 e. The van der Waals surface area contributed by atoms with Gasteiger partial charge < -0.3 is 10.1 Å². The monoisotopic (exact) mass is 469 g/mol. The minimum atomic E-state index is -3.72. The number of benzene rings is 3. The number of hydrogen-bond donors (Lipinski definition) is 3. The summed E-state index contributed by atoms with van der Waals surface area (Å²) in [5.74, 6) is 0.472. The first-order chi connectivity index (χ1) is 15.8. The zero-order valence-electron chi connectivity index (χ0n) is 18.4.